The predicted molar refractivity (Wildman–Crippen MR) is 86.6 cm³/mol. The summed E-state index contributed by atoms with van der Waals surface area (Å²) in [7, 11) is -3.41. The van der Waals surface area contributed by atoms with Crippen LogP contribution in [0.3, 0.4) is 0 Å². The maximum Gasteiger partial charge on any atom is 0.243 e. The lowest BCUT2D eigenvalue weighted by atomic mass is 10.3. The van der Waals surface area contributed by atoms with Gasteiger partial charge in [-0.2, -0.15) is 4.31 Å². The Morgan fingerprint density at radius 2 is 1.67 bits per heavy atom. The number of rotatable bonds is 10. The van der Waals surface area contributed by atoms with E-state index in [-0.39, 0.29) is 0 Å². The van der Waals surface area contributed by atoms with Crippen molar-refractivity contribution in [2.24, 2.45) is 0 Å². The van der Waals surface area contributed by atoms with Crippen LogP contribution in [-0.4, -0.2) is 38.3 Å². The summed E-state index contributed by atoms with van der Waals surface area (Å²) in [5, 5.41) is 0. The fraction of sp³-hybridized carbons (Fsp3) is 0.600. The van der Waals surface area contributed by atoms with Gasteiger partial charge in [-0.1, -0.05) is 13.8 Å². The quantitative estimate of drug-likeness (QED) is 0.486. The smallest absolute Gasteiger partial charge is 0.243 e. The second kappa shape index (κ2) is 9.28. The summed E-state index contributed by atoms with van der Waals surface area (Å²) >= 11 is 5.58. The zero-order valence-corrected chi connectivity index (χ0v) is 14.3. The molecule has 0 radical (unpaired) electrons. The molecule has 0 aliphatic rings. The Morgan fingerprint density at radius 1 is 1.10 bits per heavy atom. The van der Waals surface area contributed by atoms with Gasteiger partial charge in [0.25, 0.3) is 0 Å². The summed E-state index contributed by atoms with van der Waals surface area (Å²) in [4.78, 5) is 0.314. The zero-order valence-electron chi connectivity index (χ0n) is 12.7. The van der Waals surface area contributed by atoms with Crippen LogP contribution in [0, 0.1) is 0 Å². The molecule has 1 rings (SSSR count). The highest BCUT2D eigenvalue weighted by Crippen LogP contribution is 2.20. The van der Waals surface area contributed by atoms with E-state index in [4.69, 9.17) is 16.3 Å². The second-order valence-electron chi connectivity index (χ2n) is 4.77. The summed E-state index contributed by atoms with van der Waals surface area (Å²) in [6.07, 6.45) is 2.38. The predicted octanol–water partition coefficient (Wildman–Crippen LogP) is 3.51. The summed E-state index contributed by atoms with van der Waals surface area (Å²) in [6.45, 7) is 5.58. The van der Waals surface area contributed by atoms with Crippen molar-refractivity contribution in [1.29, 1.82) is 0 Å². The van der Waals surface area contributed by atoms with Gasteiger partial charge in [0, 0.05) is 19.0 Å². The number of ether oxygens (including phenoxy) is 1. The van der Waals surface area contributed by atoms with E-state index in [9.17, 15) is 8.42 Å². The molecule has 120 valence electrons. The topological polar surface area (TPSA) is 46.6 Å². The number of benzene rings is 1. The van der Waals surface area contributed by atoms with Crippen molar-refractivity contribution in [3.8, 4) is 5.75 Å². The van der Waals surface area contributed by atoms with Crippen molar-refractivity contribution >= 4 is 21.6 Å². The molecular weight excluding hydrogens is 310 g/mol. The Labute approximate surface area is 133 Å². The highest BCUT2D eigenvalue weighted by Gasteiger charge is 2.22. The minimum atomic E-state index is -3.41. The van der Waals surface area contributed by atoms with Crippen LogP contribution in [0.25, 0.3) is 0 Å². The molecule has 0 spiro atoms. The monoisotopic (exact) mass is 333 g/mol. The van der Waals surface area contributed by atoms with E-state index < -0.39 is 10.0 Å². The van der Waals surface area contributed by atoms with Crippen LogP contribution in [0.1, 0.15) is 33.1 Å². The van der Waals surface area contributed by atoms with Gasteiger partial charge in [-0.15, -0.1) is 11.6 Å². The van der Waals surface area contributed by atoms with Gasteiger partial charge in [0.05, 0.1) is 11.5 Å². The van der Waals surface area contributed by atoms with Crippen LogP contribution < -0.4 is 4.74 Å². The molecule has 0 saturated heterocycles. The molecule has 1 aromatic carbocycles. The van der Waals surface area contributed by atoms with Crippen LogP contribution in [0.15, 0.2) is 29.2 Å². The molecule has 0 bridgehead atoms. The minimum Gasteiger partial charge on any atom is -0.494 e. The lowest BCUT2D eigenvalue weighted by Gasteiger charge is -2.21. The molecule has 6 heteroatoms. The molecule has 0 aliphatic carbocycles. The summed E-state index contributed by atoms with van der Waals surface area (Å²) in [5.74, 6) is 1.21. The molecule has 0 aliphatic heterocycles. The summed E-state index contributed by atoms with van der Waals surface area (Å²) in [5.41, 5.74) is 0. The Morgan fingerprint density at radius 3 is 2.14 bits per heavy atom. The third-order valence-corrected chi connectivity index (χ3v) is 5.13. The molecule has 0 N–H and O–H groups in total. The van der Waals surface area contributed by atoms with E-state index in [2.05, 4.69) is 0 Å². The molecule has 4 nitrogen and oxygen atoms in total. The van der Waals surface area contributed by atoms with Crippen molar-refractivity contribution in [3.05, 3.63) is 24.3 Å². The zero-order chi connectivity index (χ0) is 15.7. The van der Waals surface area contributed by atoms with E-state index in [0.29, 0.717) is 36.2 Å². The Hall–Kier alpha value is -0.780. The van der Waals surface area contributed by atoms with Crippen LogP contribution in [-0.2, 0) is 10.0 Å². The Kier molecular flexibility index (Phi) is 8.07. The van der Waals surface area contributed by atoms with Gasteiger partial charge in [0.2, 0.25) is 10.0 Å². The Balaban J connectivity index is 2.82. The van der Waals surface area contributed by atoms with E-state index in [1.54, 1.807) is 24.3 Å². The van der Waals surface area contributed by atoms with E-state index in [1.807, 2.05) is 13.8 Å². The molecule has 0 unspecified atom stereocenters. The number of nitrogens with zero attached hydrogens (tertiary/aromatic N) is 1. The molecule has 0 saturated carbocycles. The highest BCUT2D eigenvalue weighted by atomic mass is 35.5. The van der Waals surface area contributed by atoms with Crippen molar-refractivity contribution in [3.63, 3.8) is 0 Å². The summed E-state index contributed by atoms with van der Waals surface area (Å²) < 4.78 is 32.1. The lowest BCUT2D eigenvalue weighted by Crippen LogP contribution is -2.32. The van der Waals surface area contributed by atoms with Gasteiger partial charge in [-0.3, -0.25) is 0 Å². The molecule has 0 fully saturated rings. The van der Waals surface area contributed by atoms with Crippen molar-refractivity contribution < 1.29 is 13.2 Å². The van der Waals surface area contributed by atoms with Crippen LogP contribution >= 0.6 is 11.6 Å². The maximum atomic E-state index is 12.6. The standard InChI is InChI=1S/C15H24ClNO3S/c1-3-11-17(12-4-2)21(18,19)15-8-6-14(7-9-15)20-13-5-10-16/h6-9H,3-5,10-13H2,1-2H3. The number of alkyl halides is 1. The summed E-state index contributed by atoms with van der Waals surface area (Å²) in [6, 6.07) is 6.59. The first kappa shape index (κ1) is 18.3. The van der Waals surface area contributed by atoms with Crippen molar-refractivity contribution in [1.82, 2.24) is 4.31 Å². The SMILES string of the molecule is CCCN(CCC)S(=O)(=O)c1ccc(OCCCCl)cc1. The number of hydrogen-bond acceptors (Lipinski definition) is 3. The van der Waals surface area contributed by atoms with Crippen LogP contribution in [0.4, 0.5) is 0 Å². The maximum absolute atomic E-state index is 12.6. The number of sulfonamides is 1. The van der Waals surface area contributed by atoms with Gasteiger partial charge >= 0.3 is 0 Å². The first-order valence-corrected chi connectivity index (χ1v) is 9.32. The molecule has 0 aromatic heterocycles. The van der Waals surface area contributed by atoms with E-state index in [0.717, 1.165) is 19.3 Å². The molecule has 0 atom stereocenters. The Bertz CT molecular complexity index is 496. The van der Waals surface area contributed by atoms with Gasteiger partial charge in [0.1, 0.15) is 5.75 Å². The largest absolute Gasteiger partial charge is 0.494 e. The van der Waals surface area contributed by atoms with Crippen LogP contribution in [0.2, 0.25) is 0 Å². The van der Waals surface area contributed by atoms with E-state index in [1.165, 1.54) is 4.31 Å². The molecule has 0 amide bonds. The van der Waals surface area contributed by atoms with Crippen molar-refractivity contribution in [2.75, 3.05) is 25.6 Å². The fourth-order valence-corrected chi connectivity index (χ4v) is 3.69. The third kappa shape index (κ3) is 5.49. The van der Waals surface area contributed by atoms with Gasteiger partial charge < -0.3 is 4.74 Å². The van der Waals surface area contributed by atoms with Crippen LogP contribution in [0.5, 0.6) is 5.75 Å². The molecule has 21 heavy (non-hydrogen) atoms. The van der Waals surface area contributed by atoms with Gasteiger partial charge in [0.15, 0.2) is 0 Å². The van der Waals surface area contributed by atoms with Gasteiger partial charge in [-0.05, 0) is 43.5 Å². The highest BCUT2D eigenvalue weighted by molar-refractivity contribution is 7.89. The number of hydrogen-bond donors (Lipinski definition) is 0. The number of halogens is 1. The van der Waals surface area contributed by atoms with Gasteiger partial charge in [-0.25, -0.2) is 8.42 Å². The average Bonchev–Trinajstić information content (AvgIpc) is 2.48. The first-order chi connectivity index (χ1) is 10.1. The molecule has 1 aromatic rings. The third-order valence-electron chi connectivity index (χ3n) is 2.95. The average molecular weight is 334 g/mol. The second-order valence-corrected chi connectivity index (χ2v) is 7.08. The normalized spacial score (nSPS) is 11.8. The van der Waals surface area contributed by atoms with E-state index >= 15 is 0 Å². The first-order valence-electron chi connectivity index (χ1n) is 7.35. The molecular formula is C15H24ClNO3S. The minimum absolute atomic E-state index is 0.314. The molecule has 0 heterocycles. The lowest BCUT2D eigenvalue weighted by molar-refractivity contribution is 0.318. The fourth-order valence-electron chi connectivity index (χ4n) is 1.95. The van der Waals surface area contributed by atoms with Crippen molar-refractivity contribution in [2.45, 2.75) is 38.0 Å².